The maximum Gasteiger partial charge on any atom is 0.410 e. The summed E-state index contributed by atoms with van der Waals surface area (Å²) < 4.78 is 27.9. The van der Waals surface area contributed by atoms with Crippen LogP contribution in [0.25, 0.3) is 0 Å². The Balaban J connectivity index is 1.26. The molecule has 0 aromatic heterocycles. The highest BCUT2D eigenvalue weighted by atomic mass is 16.6. The minimum absolute atomic E-state index is 0.0709. The second-order valence-corrected chi connectivity index (χ2v) is 13.3. The van der Waals surface area contributed by atoms with Crippen LogP contribution in [0.3, 0.4) is 0 Å². The van der Waals surface area contributed by atoms with Crippen LogP contribution in [0.1, 0.15) is 70.4 Å². The molecule has 262 valence electrons. The normalized spacial score (nSPS) is 21.0. The molecule has 0 radical (unpaired) electrons. The summed E-state index contributed by atoms with van der Waals surface area (Å²) in [7, 11) is 1.66. The van der Waals surface area contributed by atoms with Crippen LogP contribution >= 0.6 is 0 Å². The van der Waals surface area contributed by atoms with Crippen LogP contribution in [0.2, 0.25) is 0 Å². The zero-order valence-corrected chi connectivity index (χ0v) is 28.4. The van der Waals surface area contributed by atoms with Gasteiger partial charge in [-0.3, -0.25) is 0 Å². The van der Waals surface area contributed by atoms with E-state index >= 15 is 0 Å². The van der Waals surface area contributed by atoms with E-state index < -0.39 is 42.5 Å². The summed E-state index contributed by atoms with van der Waals surface area (Å²) in [6.07, 6.45) is 2.42. The van der Waals surface area contributed by atoms with E-state index in [-0.39, 0.29) is 38.0 Å². The number of ether oxygens (including phenoxy) is 5. The fraction of sp³-hybridized carbons (Fsp3) is 0.556. The summed E-state index contributed by atoms with van der Waals surface area (Å²) in [4.78, 5) is 53.9. The first-order valence-corrected chi connectivity index (χ1v) is 16.7. The van der Waals surface area contributed by atoms with E-state index in [0.29, 0.717) is 45.1 Å². The van der Waals surface area contributed by atoms with Crippen molar-refractivity contribution in [3.63, 3.8) is 0 Å². The van der Waals surface area contributed by atoms with E-state index in [2.05, 4.69) is 5.32 Å². The van der Waals surface area contributed by atoms with Crippen molar-refractivity contribution in [2.45, 2.75) is 102 Å². The van der Waals surface area contributed by atoms with Crippen LogP contribution in [-0.2, 0) is 41.7 Å². The lowest BCUT2D eigenvalue weighted by Gasteiger charge is -2.42. The van der Waals surface area contributed by atoms with Crippen molar-refractivity contribution >= 4 is 24.2 Å². The first kappa shape index (κ1) is 36.5. The lowest BCUT2D eigenvalue weighted by molar-refractivity contribution is -0.148. The van der Waals surface area contributed by atoms with Crippen LogP contribution in [0.15, 0.2) is 60.7 Å². The van der Waals surface area contributed by atoms with E-state index in [4.69, 9.17) is 23.7 Å². The second-order valence-electron chi connectivity index (χ2n) is 13.3. The van der Waals surface area contributed by atoms with Gasteiger partial charge in [-0.05, 0) is 70.4 Å². The number of alkyl carbamates (subject to hydrolysis) is 1. The number of hydrogen-bond acceptors (Lipinski definition) is 9. The maximum atomic E-state index is 13.3. The fourth-order valence-electron chi connectivity index (χ4n) is 5.90. The molecule has 2 aliphatic rings. The predicted octanol–water partition coefficient (Wildman–Crippen LogP) is 5.82. The van der Waals surface area contributed by atoms with Crippen molar-refractivity contribution in [1.29, 1.82) is 0 Å². The van der Waals surface area contributed by atoms with Crippen molar-refractivity contribution in [3.05, 3.63) is 71.8 Å². The molecule has 2 atom stereocenters. The summed E-state index contributed by atoms with van der Waals surface area (Å²) in [5, 5.41) is 2.96. The molecule has 3 amide bonds. The lowest BCUT2D eigenvalue weighted by atomic mass is 9.92. The average molecular weight is 668 g/mol. The van der Waals surface area contributed by atoms with Gasteiger partial charge in [0.1, 0.15) is 18.8 Å². The van der Waals surface area contributed by atoms with Gasteiger partial charge in [0.15, 0.2) is 6.61 Å². The standard InChI is InChI=1S/C36H49N3O9/c1-36(2,3)48-33(41)37-30-16-11-21-39(35(43)46-23-27-14-9-6-10-15-27)31(30)24-44-29-19-17-28(18-20-29)38(4)34(42)47-25-32(40)45-22-26-12-7-5-8-13-26/h5-10,12-15,28-31H,11,16-25H2,1-4H3,(H,37,41)/t28?,29?,30-,31-/m0/s1. The summed E-state index contributed by atoms with van der Waals surface area (Å²) >= 11 is 0. The van der Waals surface area contributed by atoms with Gasteiger partial charge in [0, 0.05) is 19.6 Å². The average Bonchev–Trinajstić information content (AvgIpc) is 3.08. The molecule has 2 aromatic carbocycles. The number of esters is 1. The third kappa shape index (κ3) is 11.7. The van der Waals surface area contributed by atoms with Crippen LogP contribution in [-0.4, -0.2) is 90.7 Å². The van der Waals surface area contributed by atoms with Crippen molar-refractivity contribution in [2.24, 2.45) is 0 Å². The third-order valence-corrected chi connectivity index (χ3v) is 8.46. The van der Waals surface area contributed by atoms with E-state index in [1.807, 2.05) is 60.7 Å². The quantitative estimate of drug-likeness (QED) is 0.233. The molecule has 1 heterocycles. The zero-order chi connectivity index (χ0) is 34.5. The number of nitrogens with one attached hydrogen (secondary N) is 1. The van der Waals surface area contributed by atoms with Crippen molar-refractivity contribution in [1.82, 2.24) is 15.1 Å². The van der Waals surface area contributed by atoms with Gasteiger partial charge in [0.05, 0.1) is 24.8 Å². The van der Waals surface area contributed by atoms with E-state index in [1.54, 1.807) is 32.7 Å². The van der Waals surface area contributed by atoms with Crippen LogP contribution in [0.5, 0.6) is 0 Å². The first-order chi connectivity index (χ1) is 23.0. The molecule has 4 rings (SSSR count). The minimum Gasteiger partial charge on any atom is -0.458 e. The monoisotopic (exact) mass is 667 g/mol. The number of benzene rings is 2. The number of nitrogens with zero attached hydrogens (tertiary/aromatic N) is 2. The summed E-state index contributed by atoms with van der Waals surface area (Å²) in [5.41, 5.74) is 1.07. The fourth-order valence-corrected chi connectivity index (χ4v) is 5.90. The largest absolute Gasteiger partial charge is 0.458 e. The SMILES string of the molecule is CN(C(=O)OCC(=O)OCc1ccccc1)C1CCC(OC[C@H]2[C@@H](NC(=O)OC(C)(C)C)CCCN2C(=O)OCc2ccccc2)CC1. The molecule has 1 N–H and O–H groups in total. The van der Waals surface area contributed by atoms with Gasteiger partial charge < -0.3 is 38.8 Å². The predicted molar refractivity (Wildman–Crippen MR) is 177 cm³/mol. The summed E-state index contributed by atoms with van der Waals surface area (Å²) in [5.74, 6) is -0.613. The molecule has 0 bridgehead atoms. The number of hydrogen-bond donors (Lipinski definition) is 1. The van der Waals surface area contributed by atoms with E-state index in [9.17, 15) is 19.2 Å². The molecule has 1 saturated carbocycles. The first-order valence-electron chi connectivity index (χ1n) is 16.7. The highest BCUT2D eigenvalue weighted by Crippen LogP contribution is 2.27. The molecular formula is C36H49N3O9. The number of carbonyl (C=O) groups excluding carboxylic acids is 4. The topological polar surface area (TPSA) is 133 Å². The molecule has 12 heteroatoms. The highest BCUT2D eigenvalue weighted by molar-refractivity contribution is 5.75. The van der Waals surface area contributed by atoms with Crippen LogP contribution in [0, 0.1) is 0 Å². The van der Waals surface area contributed by atoms with E-state index in [1.165, 1.54) is 4.90 Å². The molecule has 12 nitrogen and oxygen atoms in total. The Kier molecular flexibility index (Phi) is 13.5. The molecule has 2 fully saturated rings. The van der Waals surface area contributed by atoms with Gasteiger partial charge in [-0.25, -0.2) is 19.2 Å². The lowest BCUT2D eigenvalue weighted by Crippen LogP contribution is -2.59. The molecule has 1 aliphatic heterocycles. The number of carbonyl (C=O) groups is 4. The Bertz CT molecular complexity index is 1330. The number of amides is 3. The van der Waals surface area contributed by atoms with Gasteiger partial charge in [0.25, 0.3) is 0 Å². The van der Waals surface area contributed by atoms with Crippen molar-refractivity contribution in [3.8, 4) is 0 Å². The Morgan fingerprint density at radius 3 is 2.04 bits per heavy atom. The van der Waals surface area contributed by atoms with Gasteiger partial charge in [-0.2, -0.15) is 0 Å². The second kappa shape index (κ2) is 17.7. The minimum atomic E-state index is -0.664. The molecule has 1 aliphatic carbocycles. The molecule has 0 spiro atoms. The number of rotatable bonds is 11. The van der Waals surface area contributed by atoms with Crippen molar-refractivity contribution in [2.75, 3.05) is 26.8 Å². The molecule has 48 heavy (non-hydrogen) atoms. The zero-order valence-electron chi connectivity index (χ0n) is 28.4. The number of piperidine rings is 1. The Morgan fingerprint density at radius 2 is 1.44 bits per heavy atom. The molecule has 1 saturated heterocycles. The Morgan fingerprint density at radius 1 is 0.833 bits per heavy atom. The van der Waals surface area contributed by atoms with Crippen LogP contribution < -0.4 is 5.32 Å². The van der Waals surface area contributed by atoms with Gasteiger partial charge >= 0.3 is 24.2 Å². The van der Waals surface area contributed by atoms with E-state index in [0.717, 1.165) is 11.1 Å². The smallest absolute Gasteiger partial charge is 0.410 e. The molecular weight excluding hydrogens is 618 g/mol. The van der Waals surface area contributed by atoms with Gasteiger partial charge in [-0.1, -0.05) is 60.7 Å². The molecule has 2 aromatic rings. The molecule has 0 unspecified atom stereocenters. The Labute approximate surface area is 283 Å². The summed E-state index contributed by atoms with van der Waals surface area (Å²) in [6, 6.07) is 17.8. The Hall–Kier alpha value is -4.32. The van der Waals surface area contributed by atoms with Gasteiger partial charge in [-0.15, -0.1) is 0 Å². The third-order valence-electron chi connectivity index (χ3n) is 8.46. The highest BCUT2D eigenvalue weighted by Gasteiger charge is 2.38. The maximum absolute atomic E-state index is 13.3. The van der Waals surface area contributed by atoms with Crippen LogP contribution in [0.4, 0.5) is 14.4 Å². The summed E-state index contributed by atoms with van der Waals surface area (Å²) in [6.45, 7) is 5.89. The number of likely N-dealkylation sites (tertiary alicyclic amines) is 1. The van der Waals surface area contributed by atoms with Gasteiger partial charge in [0.2, 0.25) is 0 Å². The van der Waals surface area contributed by atoms with Crippen molar-refractivity contribution < 1.29 is 42.9 Å².